The van der Waals surface area contributed by atoms with Gasteiger partial charge in [-0.25, -0.2) is 5.43 Å². The summed E-state index contributed by atoms with van der Waals surface area (Å²) < 4.78 is 38.4. The fraction of sp³-hybridized carbons (Fsp3) is 0.118. The number of nitrogens with one attached hydrogen (secondary N) is 1. The molecule has 3 rings (SSSR count). The van der Waals surface area contributed by atoms with E-state index in [9.17, 15) is 18.0 Å². The van der Waals surface area contributed by atoms with Crippen molar-refractivity contribution in [1.82, 2.24) is 25.6 Å². The molecule has 150 valence electrons. The van der Waals surface area contributed by atoms with Gasteiger partial charge in [-0.3, -0.25) is 4.79 Å². The lowest BCUT2D eigenvalue weighted by molar-refractivity contribution is -0.137. The zero-order valence-electron chi connectivity index (χ0n) is 14.4. The number of hydrazone groups is 1. The van der Waals surface area contributed by atoms with Gasteiger partial charge in [0.15, 0.2) is 0 Å². The molecule has 1 heterocycles. The van der Waals surface area contributed by atoms with Crippen LogP contribution in [0.5, 0.6) is 0 Å². The molecule has 0 atom stereocenters. The van der Waals surface area contributed by atoms with E-state index in [0.29, 0.717) is 15.6 Å². The summed E-state index contributed by atoms with van der Waals surface area (Å²) in [7, 11) is 0. The summed E-state index contributed by atoms with van der Waals surface area (Å²) in [6, 6.07) is 9.38. The standard InChI is InChI=1S/C17H11Cl2F3N6O/c18-13-5-2-6-14(19)12(13)8-23-24-15(29)9-28-26-16(25-27-28)10-3-1-4-11(7-10)17(20,21)22/h1-8H,9H2,(H,24,29)/b23-8-. The fourth-order valence-corrected chi connectivity index (χ4v) is 2.72. The van der Waals surface area contributed by atoms with Gasteiger partial charge in [-0.2, -0.15) is 23.1 Å². The quantitative estimate of drug-likeness (QED) is 0.480. The predicted molar refractivity (Wildman–Crippen MR) is 100 cm³/mol. The lowest BCUT2D eigenvalue weighted by Crippen LogP contribution is -2.24. The maximum absolute atomic E-state index is 12.8. The van der Waals surface area contributed by atoms with Crippen LogP contribution in [0.4, 0.5) is 13.2 Å². The molecule has 1 N–H and O–H groups in total. The molecule has 0 bridgehead atoms. The predicted octanol–water partition coefficient (Wildman–Crippen LogP) is 3.82. The van der Waals surface area contributed by atoms with Crippen LogP contribution < -0.4 is 5.43 Å². The van der Waals surface area contributed by atoms with Crippen LogP contribution in [0.25, 0.3) is 11.4 Å². The monoisotopic (exact) mass is 442 g/mol. The third kappa shape index (κ3) is 5.30. The molecule has 0 aliphatic rings. The van der Waals surface area contributed by atoms with E-state index in [2.05, 4.69) is 25.9 Å². The normalized spacial score (nSPS) is 11.8. The highest BCUT2D eigenvalue weighted by molar-refractivity contribution is 6.38. The van der Waals surface area contributed by atoms with Gasteiger partial charge in [0.25, 0.3) is 5.91 Å². The largest absolute Gasteiger partial charge is 0.416 e. The highest BCUT2D eigenvalue weighted by Gasteiger charge is 2.30. The van der Waals surface area contributed by atoms with Gasteiger partial charge < -0.3 is 0 Å². The summed E-state index contributed by atoms with van der Waals surface area (Å²) >= 11 is 12.0. The fourth-order valence-electron chi connectivity index (χ4n) is 2.23. The van der Waals surface area contributed by atoms with Crippen molar-refractivity contribution in [2.45, 2.75) is 12.7 Å². The Morgan fingerprint density at radius 3 is 2.55 bits per heavy atom. The molecule has 29 heavy (non-hydrogen) atoms. The minimum absolute atomic E-state index is 0.0461. The van der Waals surface area contributed by atoms with Gasteiger partial charge in [0.05, 0.1) is 21.8 Å². The summed E-state index contributed by atoms with van der Waals surface area (Å²) in [5, 5.41) is 15.7. The van der Waals surface area contributed by atoms with Crippen LogP contribution in [0.3, 0.4) is 0 Å². The first-order chi connectivity index (χ1) is 13.7. The minimum Gasteiger partial charge on any atom is -0.271 e. The minimum atomic E-state index is -4.49. The number of rotatable bonds is 5. The summed E-state index contributed by atoms with van der Waals surface area (Å²) in [5.74, 6) is -0.632. The van der Waals surface area contributed by atoms with Crippen molar-refractivity contribution in [3.05, 3.63) is 63.6 Å². The van der Waals surface area contributed by atoms with E-state index in [0.717, 1.165) is 16.9 Å². The maximum atomic E-state index is 12.8. The summed E-state index contributed by atoms with van der Waals surface area (Å²) in [6.45, 7) is -0.348. The highest BCUT2D eigenvalue weighted by Crippen LogP contribution is 2.31. The van der Waals surface area contributed by atoms with E-state index in [1.807, 2.05) is 0 Å². The number of aromatic nitrogens is 4. The van der Waals surface area contributed by atoms with E-state index in [1.54, 1.807) is 18.2 Å². The molecule has 3 aromatic rings. The molecule has 0 radical (unpaired) electrons. The molecule has 0 unspecified atom stereocenters. The van der Waals surface area contributed by atoms with Gasteiger partial charge in [0.1, 0.15) is 6.54 Å². The van der Waals surface area contributed by atoms with Crippen LogP contribution in [0.2, 0.25) is 10.0 Å². The van der Waals surface area contributed by atoms with E-state index in [1.165, 1.54) is 18.3 Å². The Bertz CT molecular complexity index is 1050. The first-order valence-corrected chi connectivity index (χ1v) is 8.71. The molecule has 0 saturated carbocycles. The molecule has 0 aliphatic carbocycles. The number of carbonyl (C=O) groups is 1. The van der Waals surface area contributed by atoms with E-state index in [4.69, 9.17) is 23.2 Å². The molecule has 0 aliphatic heterocycles. The molecule has 1 amide bonds. The molecular formula is C17H11Cl2F3N6O. The zero-order chi connectivity index (χ0) is 21.0. The third-order valence-electron chi connectivity index (χ3n) is 3.57. The number of hydrogen-bond acceptors (Lipinski definition) is 5. The van der Waals surface area contributed by atoms with Crippen molar-refractivity contribution >= 4 is 35.3 Å². The molecule has 0 spiro atoms. The number of alkyl halides is 3. The van der Waals surface area contributed by atoms with Gasteiger partial charge in [-0.15, -0.1) is 10.2 Å². The Morgan fingerprint density at radius 2 is 1.86 bits per heavy atom. The summed E-state index contributed by atoms with van der Waals surface area (Å²) in [6.07, 6.45) is -3.21. The molecule has 7 nitrogen and oxygen atoms in total. The lowest BCUT2D eigenvalue weighted by Gasteiger charge is -2.06. The van der Waals surface area contributed by atoms with Crippen molar-refractivity contribution in [2.75, 3.05) is 0 Å². The molecule has 1 aromatic heterocycles. The first-order valence-electron chi connectivity index (χ1n) is 7.95. The van der Waals surface area contributed by atoms with Gasteiger partial charge in [-0.1, -0.05) is 41.4 Å². The van der Waals surface area contributed by atoms with E-state index >= 15 is 0 Å². The molecule has 12 heteroatoms. The van der Waals surface area contributed by atoms with Gasteiger partial charge >= 0.3 is 6.18 Å². The highest BCUT2D eigenvalue weighted by atomic mass is 35.5. The third-order valence-corrected chi connectivity index (χ3v) is 4.23. The van der Waals surface area contributed by atoms with Crippen LogP contribution in [0.1, 0.15) is 11.1 Å². The van der Waals surface area contributed by atoms with Gasteiger partial charge in [0, 0.05) is 11.1 Å². The average Bonchev–Trinajstić information content (AvgIpc) is 3.12. The number of amides is 1. The number of nitrogens with zero attached hydrogens (tertiary/aromatic N) is 5. The maximum Gasteiger partial charge on any atom is 0.416 e. The molecule has 2 aromatic carbocycles. The van der Waals surface area contributed by atoms with Crippen molar-refractivity contribution < 1.29 is 18.0 Å². The summed E-state index contributed by atoms with van der Waals surface area (Å²) in [4.78, 5) is 12.9. The zero-order valence-corrected chi connectivity index (χ0v) is 15.9. The Morgan fingerprint density at radius 1 is 1.17 bits per heavy atom. The number of tetrazole rings is 1. The van der Waals surface area contributed by atoms with Crippen LogP contribution >= 0.6 is 23.2 Å². The van der Waals surface area contributed by atoms with Crippen molar-refractivity contribution in [1.29, 1.82) is 0 Å². The summed E-state index contributed by atoms with van der Waals surface area (Å²) in [5.41, 5.74) is 1.97. The van der Waals surface area contributed by atoms with Gasteiger partial charge in [0.2, 0.25) is 5.82 Å². The van der Waals surface area contributed by atoms with Crippen LogP contribution in [-0.4, -0.2) is 32.3 Å². The SMILES string of the molecule is O=C(Cn1nnc(-c2cccc(C(F)(F)F)c2)n1)N/N=C\c1c(Cl)cccc1Cl. The number of halogens is 5. The van der Waals surface area contributed by atoms with Gasteiger partial charge in [-0.05, 0) is 29.5 Å². The number of hydrogen-bond donors (Lipinski definition) is 1. The molecule has 0 saturated heterocycles. The van der Waals surface area contributed by atoms with Crippen LogP contribution in [0.15, 0.2) is 47.6 Å². The second kappa shape index (κ2) is 8.58. The number of benzene rings is 2. The smallest absolute Gasteiger partial charge is 0.271 e. The Balaban J connectivity index is 1.64. The topological polar surface area (TPSA) is 85.1 Å². The van der Waals surface area contributed by atoms with E-state index in [-0.39, 0.29) is 17.9 Å². The lowest BCUT2D eigenvalue weighted by atomic mass is 10.1. The Hall–Kier alpha value is -2.98. The first kappa shape index (κ1) is 20.7. The Kier molecular flexibility index (Phi) is 6.14. The Labute approximate surface area is 172 Å². The second-order valence-corrected chi connectivity index (χ2v) is 6.46. The van der Waals surface area contributed by atoms with Crippen molar-refractivity contribution in [3.63, 3.8) is 0 Å². The van der Waals surface area contributed by atoms with E-state index < -0.39 is 17.6 Å². The van der Waals surface area contributed by atoms with Crippen molar-refractivity contribution in [2.24, 2.45) is 5.10 Å². The number of carbonyl (C=O) groups excluding carboxylic acids is 1. The van der Waals surface area contributed by atoms with Crippen LogP contribution in [0, 0.1) is 0 Å². The van der Waals surface area contributed by atoms with Crippen molar-refractivity contribution in [3.8, 4) is 11.4 Å². The van der Waals surface area contributed by atoms with Crippen LogP contribution in [-0.2, 0) is 17.5 Å². The average molecular weight is 443 g/mol. The molecule has 0 fully saturated rings. The second-order valence-electron chi connectivity index (χ2n) is 5.65. The molecular weight excluding hydrogens is 432 g/mol.